The summed E-state index contributed by atoms with van der Waals surface area (Å²) in [7, 11) is 0. The third-order valence-corrected chi connectivity index (χ3v) is 1.64. The van der Waals surface area contributed by atoms with Gasteiger partial charge in [0, 0.05) is 0 Å². The van der Waals surface area contributed by atoms with Gasteiger partial charge in [-0.3, -0.25) is 0 Å². The number of allylic oxidation sites excluding steroid dienone is 1. The second kappa shape index (κ2) is 3.44. The second-order valence-electron chi connectivity index (χ2n) is 2.69. The molecule has 0 aromatic carbocycles. The Morgan fingerprint density at radius 1 is 1.67 bits per heavy atom. The molecule has 0 aliphatic heterocycles. The van der Waals surface area contributed by atoms with Crippen molar-refractivity contribution in [3.8, 4) is 0 Å². The Morgan fingerprint density at radius 2 is 2.25 bits per heavy atom. The van der Waals surface area contributed by atoms with Crippen molar-refractivity contribution >= 4 is 5.84 Å². The lowest BCUT2D eigenvalue weighted by Gasteiger charge is -2.09. The number of amidine groups is 1. The first-order valence-corrected chi connectivity index (χ1v) is 3.92. The van der Waals surface area contributed by atoms with E-state index >= 15 is 0 Å². The minimum Gasteiger partial charge on any atom is -0.504 e. The minimum absolute atomic E-state index is 0.0962. The number of hydrazine groups is 1. The average Bonchev–Trinajstić information content (AvgIpc) is 2.85. The van der Waals surface area contributed by atoms with Gasteiger partial charge >= 0.3 is 0 Å². The summed E-state index contributed by atoms with van der Waals surface area (Å²) in [6, 6.07) is 0. The van der Waals surface area contributed by atoms with Gasteiger partial charge < -0.3 is 10.8 Å². The van der Waals surface area contributed by atoms with E-state index in [0.717, 1.165) is 18.4 Å². The molecule has 0 aromatic rings. The van der Waals surface area contributed by atoms with E-state index in [9.17, 15) is 5.11 Å². The topological polar surface area (TPSA) is 87.9 Å². The summed E-state index contributed by atoms with van der Waals surface area (Å²) in [6.07, 6.45) is 1.83. The quantitative estimate of drug-likeness (QED) is 0.184. The summed E-state index contributed by atoms with van der Waals surface area (Å²) in [5.41, 5.74) is 6.41. The summed E-state index contributed by atoms with van der Waals surface area (Å²) < 4.78 is 0. The number of rotatable bonds is 3. The van der Waals surface area contributed by atoms with E-state index in [4.69, 9.17) is 11.6 Å². The lowest BCUT2D eigenvalue weighted by Crippen LogP contribution is -2.29. The summed E-state index contributed by atoms with van der Waals surface area (Å²) in [6.45, 7) is 2.40. The molecule has 0 aromatic heterocycles. The van der Waals surface area contributed by atoms with Gasteiger partial charge in [-0.1, -0.05) is 0 Å². The fourth-order valence-electron chi connectivity index (χ4n) is 0.737. The Labute approximate surface area is 71.3 Å². The zero-order valence-electron chi connectivity index (χ0n) is 7.12. The zero-order chi connectivity index (χ0) is 9.14. The highest BCUT2D eigenvalue weighted by Crippen LogP contribution is 2.30. The van der Waals surface area contributed by atoms with Gasteiger partial charge in [-0.15, -0.1) is 5.10 Å². The molecule has 1 aliphatic rings. The zero-order valence-corrected chi connectivity index (χ0v) is 7.12. The molecule has 12 heavy (non-hydrogen) atoms. The smallest absolute Gasteiger partial charge is 0.187 e. The number of hydrogen-bond acceptors (Lipinski definition) is 4. The minimum atomic E-state index is 0.0962. The third-order valence-electron chi connectivity index (χ3n) is 1.64. The Morgan fingerprint density at radius 3 is 2.67 bits per heavy atom. The molecule has 0 atom stereocenters. The van der Waals surface area contributed by atoms with Crippen molar-refractivity contribution in [2.75, 3.05) is 6.54 Å². The van der Waals surface area contributed by atoms with Gasteiger partial charge in [0.25, 0.3) is 0 Å². The van der Waals surface area contributed by atoms with Crippen molar-refractivity contribution in [3.63, 3.8) is 0 Å². The molecule has 1 aliphatic carbocycles. The van der Waals surface area contributed by atoms with Crippen LogP contribution in [0.3, 0.4) is 0 Å². The molecule has 1 fully saturated rings. The first kappa shape index (κ1) is 8.86. The fourth-order valence-corrected chi connectivity index (χ4v) is 0.737. The maximum Gasteiger partial charge on any atom is 0.187 e. The van der Waals surface area contributed by atoms with E-state index in [0.29, 0.717) is 6.54 Å². The van der Waals surface area contributed by atoms with Crippen LogP contribution in [0.5, 0.6) is 0 Å². The summed E-state index contributed by atoms with van der Waals surface area (Å²) in [5.74, 6) is 5.56. The number of aliphatic hydroxyl groups is 1. The molecular weight excluding hydrogens is 156 g/mol. The van der Waals surface area contributed by atoms with Crippen LogP contribution in [0.1, 0.15) is 19.8 Å². The lowest BCUT2D eigenvalue weighted by molar-refractivity contribution is 0.313. The largest absolute Gasteiger partial charge is 0.504 e. The van der Waals surface area contributed by atoms with Crippen LogP contribution in [0.4, 0.5) is 0 Å². The van der Waals surface area contributed by atoms with E-state index < -0.39 is 0 Å². The van der Waals surface area contributed by atoms with Crippen LogP contribution in [0.25, 0.3) is 0 Å². The monoisotopic (exact) mass is 170 g/mol. The van der Waals surface area contributed by atoms with E-state index in [1.54, 1.807) is 0 Å². The molecular formula is C7H14N4O. The molecule has 5 N–H and O–H groups in total. The van der Waals surface area contributed by atoms with Crippen molar-refractivity contribution in [2.24, 2.45) is 16.7 Å². The molecule has 0 saturated heterocycles. The van der Waals surface area contributed by atoms with Crippen molar-refractivity contribution in [2.45, 2.75) is 19.8 Å². The Hall–Kier alpha value is -1.23. The second-order valence-corrected chi connectivity index (χ2v) is 2.69. The van der Waals surface area contributed by atoms with Crippen LogP contribution in [-0.4, -0.2) is 22.6 Å². The number of nitrogens with two attached hydrogens (primary N) is 2. The van der Waals surface area contributed by atoms with E-state index in [1.807, 2.05) is 6.92 Å². The molecule has 1 rings (SSSR count). The molecule has 0 amide bonds. The highest BCUT2D eigenvalue weighted by atomic mass is 16.3. The van der Waals surface area contributed by atoms with Crippen LogP contribution < -0.4 is 11.6 Å². The normalized spacial score (nSPS) is 16.2. The number of hydrogen-bond donors (Lipinski definition) is 3. The molecule has 5 heteroatoms. The maximum atomic E-state index is 9.34. The molecule has 0 radical (unpaired) electrons. The van der Waals surface area contributed by atoms with E-state index in [1.165, 1.54) is 5.12 Å². The van der Waals surface area contributed by atoms with Gasteiger partial charge in [-0.05, 0) is 25.3 Å². The van der Waals surface area contributed by atoms with Crippen LogP contribution in [-0.2, 0) is 0 Å². The summed E-state index contributed by atoms with van der Waals surface area (Å²) >= 11 is 0. The average molecular weight is 170 g/mol. The summed E-state index contributed by atoms with van der Waals surface area (Å²) in [5, 5.41) is 14.3. The third kappa shape index (κ3) is 2.13. The molecule has 0 unspecified atom stereocenters. The van der Waals surface area contributed by atoms with Gasteiger partial charge in [-0.2, -0.15) is 0 Å². The molecule has 0 heterocycles. The Bertz CT molecular complexity index is 228. The van der Waals surface area contributed by atoms with Gasteiger partial charge in [0.05, 0.1) is 6.54 Å². The maximum absolute atomic E-state index is 9.34. The van der Waals surface area contributed by atoms with E-state index in [2.05, 4.69) is 5.10 Å². The summed E-state index contributed by atoms with van der Waals surface area (Å²) in [4.78, 5) is 0. The molecule has 0 bridgehead atoms. The number of nitrogens with zero attached hydrogens (tertiary/aromatic N) is 2. The van der Waals surface area contributed by atoms with Gasteiger partial charge in [0.1, 0.15) is 0 Å². The SMILES string of the molecule is CCN(N)/N=C(\N)C(O)=C1CC1. The first-order chi connectivity index (χ1) is 5.65. The van der Waals surface area contributed by atoms with Crippen molar-refractivity contribution in [3.05, 3.63) is 11.3 Å². The van der Waals surface area contributed by atoms with Gasteiger partial charge in [-0.25, -0.2) is 11.0 Å². The van der Waals surface area contributed by atoms with Crippen LogP contribution in [0.2, 0.25) is 0 Å². The van der Waals surface area contributed by atoms with Crippen LogP contribution >= 0.6 is 0 Å². The fraction of sp³-hybridized carbons (Fsp3) is 0.571. The van der Waals surface area contributed by atoms with E-state index in [-0.39, 0.29) is 11.6 Å². The molecule has 68 valence electrons. The predicted octanol–water partition coefficient (Wildman–Crippen LogP) is 0.0601. The lowest BCUT2D eigenvalue weighted by atomic mass is 10.4. The van der Waals surface area contributed by atoms with Crippen molar-refractivity contribution < 1.29 is 5.11 Å². The number of hydrazone groups is 1. The highest BCUT2D eigenvalue weighted by molar-refractivity contribution is 5.95. The standard InChI is InChI=1S/C7H14N4O/c1-2-11(9)10-7(8)6(12)5-3-4-5/h12H,2-4,9H2,1H3,(H2,8,10). The molecule has 5 nitrogen and oxygen atoms in total. The first-order valence-electron chi connectivity index (χ1n) is 3.92. The molecule has 0 spiro atoms. The van der Waals surface area contributed by atoms with Crippen molar-refractivity contribution in [1.29, 1.82) is 0 Å². The molecule has 1 saturated carbocycles. The predicted molar refractivity (Wildman–Crippen MR) is 47.1 cm³/mol. The van der Waals surface area contributed by atoms with Gasteiger partial charge in [0.15, 0.2) is 11.6 Å². The van der Waals surface area contributed by atoms with Crippen molar-refractivity contribution in [1.82, 2.24) is 5.12 Å². The van der Waals surface area contributed by atoms with Crippen LogP contribution in [0.15, 0.2) is 16.4 Å². The number of aliphatic hydroxyl groups excluding tert-OH is 1. The van der Waals surface area contributed by atoms with Gasteiger partial charge in [0.2, 0.25) is 0 Å². The highest BCUT2D eigenvalue weighted by Gasteiger charge is 2.19. The Kier molecular flexibility index (Phi) is 2.54. The van der Waals surface area contributed by atoms with Crippen LogP contribution in [0, 0.1) is 0 Å². The Balaban J connectivity index is 2.62.